The molecule has 2 amide bonds. The number of aromatic nitrogens is 2. The lowest BCUT2D eigenvalue weighted by atomic mass is 9.85. The van der Waals surface area contributed by atoms with Crippen molar-refractivity contribution in [1.82, 2.24) is 15.1 Å². The summed E-state index contributed by atoms with van der Waals surface area (Å²) in [6, 6.07) is 2.30. The Balaban J connectivity index is 1.68. The van der Waals surface area contributed by atoms with E-state index in [4.69, 9.17) is 0 Å². The van der Waals surface area contributed by atoms with Crippen molar-refractivity contribution in [3.63, 3.8) is 0 Å². The van der Waals surface area contributed by atoms with E-state index in [0.717, 1.165) is 30.6 Å². The molecule has 108 valence electrons. The SMILES string of the molecule is Cc1cc(NC(=O)N2CC[C@@H]3CCCC[C@@H]32)nnc1C. The number of fused-ring (bicyclic) bond motifs is 1. The van der Waals surface area contributed by atoms with Crippen LogP contribution in [0, 0.1) is 19.8 Å². The number of carbonyl (C=O) groups is 1. The van der Waals surface area contributed by atoms with Crippen LogP contribution >= 0.6 is 0 Å². The van der Waals surface area contributed by atoms with Gasteiger partial charge in [-0.05, 0) is 50.7 Å². The third-order valence-corrected chi connectivity index (χ3v) is 4.74. The molecule has 1 aliphatic carbocycles. The molecule has 2 atom stereocenters. The zero-order valence-electron chi connectivity index (χ0n) is 12.2. The first-order valence-corrected chi connectivity index (χ1v) is 7.53. The molecular formula is C15H22N4O. The molecule has 1 aliphatic heterocycles. The number of rotatable bonds is 1. The second-order valence-corrected chi connectivity index (χ2v) is 6.02. The Bertz CT molecular complexity index is 517. The van der Waals surface area contributed by atoms with Crippen LogP contribution in [0.15, 0.2) is 6.07 Å². The summed E-state index contributed by atoms with van der Waals surface area (Å²) in [7, 11) is 0. The Kier molecular flexibility index (Phi) is 3.59. The van der Waals surface area contributed by atoms with Crippen LogP contribution in [-0.2, 0) is 0 Å². The number of hydrogen-bond donors (Lipinski definition) is 1. The average molecular weight is 274 g/mol. The Labute approximate surface area is 119 Å². The van der Waals surface area contributed by atoms with Crippen LogP contribution in [0.2, 0.25) is 0 Å². The van der Waals surface area contributed by atoms with Crippen molar-refractivity contribution in [2.75, 3.05) is 11.9 Å². The molecule has 5 heteroatoms. The summed E-state index contributed by atoms with van der Waals surface area (Å²) in [6.07, 6.45) is 6.14. The summed E-state index contributed by atoms with van der Waals surface area (Å²) in [5.41, 5.74) is 1.95. The Morgan fingerprint density at radius 1 is 1.25 bits per heavy atom. The lowest BCUT2D eigenvalue weighted by molar-refractivity contribution is 0.181. The summed E-state index contributed by atoms with van der Waals surface area (Å²) in [6.45, 7) is 4.77. The van der Waals surface area contributed by atoms with Crippen LogP contribution in [0.25, 0.3) is 0 Å². The van der Waals surface area contributed by atoms with Gasteiger partial charge in [0, 0.05) is 12.6 Å². The first-order chi connectivity index (χ1) is 9.65. The summed E-state index contributed by atoms with van der Waals surface area (Å²) in [5.74, 6) is 1.26. The van der Waals surface area contributed by atoms with E-state index in [9.17, 15) is 4.79 Å². The van der Waals surface area contributed by atoms with E-state index in [1.807, 2.05) is 24.8 Å². The van der Waals surface area contributed by atoms with Gasteiger partial charge in [0.1, 0.15) is 0 Å². The molecule has 2 aliphatic rings. The van der Waals surface area contributed by atoms with Crippen LogP contribution in [0.1, 0.15) is 43.4 Å². The molecule has 2 heterocycles. The number of aryl methyl sites for hydroxylation is 2. The van der Waals surface area contributed by atoms with Crippen molar-refractivity contribution in [3.05, 3.63) is 17.3 Å². The third kappa shape index (κ3) is 2.49. The molecule has 1 N–H and O–H groups in total. The van der Waals surface area contributed by atoms with Gasteiger partial charge in [-0.3, -0.25) is 5.32 Å². The molecule has 5 nitrogen and oxygen atoms in total. The summed E-state index contributed by atoms with van der Waals surface area (Å²) >= 11 is 0. The number of nitrogens with zero attached hydrogens (tertiary/aromatic N) is 3. The number of hydrogen-bond acceptors (Lipinski definition) is 3. The molecule has 1 aromatic rings. The van der Waals surface area contributed by atoms with Crippen LogP contribution in [0.5, 0.6) is 0 Å². The largest absolute Gasteiger partial charge is 0.323 e. The standard InChI is InChI=1S/C15H22N4O/c1-10-9-14(18-17-11(10)2)16-15(20)19-8-7-12-5-3-4-6-13(12)19/h9,12-13H,3-8H2,1-2H3,(H,16,18,20)/t12-,13-/m0/s1. The second kappa shape index (κ2) is 5.38. The van der Waals surface area contributed by atoms with Gasteiger partial charge < -0.3 is 4.90 Å². The molecule has 0 spiro atoms. The summed E-state index contributed by atoms with van der Waals surface area (Å²) in [5, 5.41) is 11.0. The zero-order valence-corrected chi connectivity index (χ0v) is 12.2. The van der Waals surface area contributed by atoms with Crippen LogP contribution < -0.4 is 5.32 Å². The molecule has 2 fully saturated rings. The number of nitrogens with one attached hydrogen (secondary N) is 1. The second-order valence-electron chi connectivity index (χ2n) is 6.02. The fourth-order valence-electron chi connectivity index (χ4n) is 3.45. The lowest BCUT2D eigenvalue weighted by Crippen LogP contribution is -2.41. The minimum Gasteiger partial charge on any atom is -0.321 e. The maximum Gasteiger partial charge on any atom is 0.323 e. The van der Waals surface area contributed by atoms with Gasteiger partial charge in [-0.15, -0.1) is 5.10 Å². The summed E-state index contributed by atoms with van der Waals surface area (Å²) in [4.78, 5) is 14.4. The Morgan fingerprint density at radius 2 is 2.05 bits per heavy atom. The summed E-state index contributed by atoms with van der Waals surface area (Å²) < 4.78 is 0. The van der Waals surface area contributed by atoms with E-state index in [2.05, 4.69) is 15.5 Å². The third-order valence-electron chi connectivity index (χ3n) is 4.74. The molecule has 0 unspecified atom stereocenters. The van der Waals surface area contributed by atoms with Crippen molar-refractivity contribution in [3.8, 4) is 0 Å². The fourth-order valence-corrected chi connectivity index (χ4v) is 3.45. The van der Waals surface area contributed by atoms with Gasteiger partial charge in [-0.25, -0.2) is 4.79 Å². The topological polar surface area (TPSA) is 58.1 Å². The highest BCUT2D eigenvalue weighted by Gasteiger charge is 2.38. The van der Waals surface area contributed by atoms with E-state index in [0.29, 0.717) is 17.8 Å². The highest BCUT2D eigenvalue weighted by atomic mass is 16.2. The van der Waals surface area contributed by atoms with Crippen molar-refractivity contribution < 1.29 is 4.79 Å². The minimum atomic E-state index is -0.0167. The van der Waals surface area contributed by atoms with Gasteiger partial charge >= 0.3 is 6.03 Å². The fraction of sp³-hybridized carbons (Fsp3) is 0.667. The monoisotopic (exact) mass is 274 g/mol. The minimum absolute atomic E-state index is 0.0167. The van der Waals surface area contributed by atoms with E-state index in [1.54, 1.807) is 0 Å². The first-order valence-electron chi connectivity index (χ1n) is 7.53. The lowest BCUT2D eigenvalue weighted by Gasteiger charge is -2.31. The predicted molar refractivity (Wildman–Crippen MR) is 77.6 cm³/mol. The van der Waals surface area contributed by atoms with E-state index >= 15 is 0 Å². The highest BCUT2D eigenvalue weighted by molar-refractivity contribution is 5.88. The Morgan fingerprint density at radius 3 is 2.85 bits per heavy atom. The normalized spacial score (nSPS) is 25.4. The van der Waals surface area contributed by atoms with Gasteiger partial charge in [0.25, 0.3) is 0 Å². The smallest absolute Gasteiger partial charge is 0.321 e. The van der Waals surface area contributed by atoms with Crippen LogP contribution in [0.4, 0.5) is 10.6 Å². The van der Waals surface area contributed by atoms with Gasteiger partial charge in [0.15, 0.2) is 5.82 Å². The quantitative estimate of drug-likeness (QED) is 0.856. The molecule has 0 aromatic carbocycles. The molecular weight excluding hydrogens is 252 g/mol. The van der Waals surface area contributed by atoms with Crippen LogP contribution in [0.3, 0.4) is 0 Å². The highest BCUT2D eigenvalue weighted by Crippen LogP contribution is 2.36. The maximum absolute atomic E-state index is 12.4. The van der Waals surface area contributed by atoms with E-state index < -0.39 is 0 Å². The number of carbonyl (C=O) groups excluding carboxylic acids is 1. The van der Waals surface area contributed by atoms with Crippen molar-refractivity contribution >= 4 is 11.8 Å². The predicted octanol–water partition coefficient (Wildman–Crippen LogP) is 2.89. The molecule has 1 aromatic heterocycles. The van der Waals surface area contributed by atoms with Gasteiger partial charge in [0.05, 0.1) is 5.69 Å². The van der Waals surface area contributed by atoms with Crippen LogP contribution in [-0.4, -0.2) is 33.7 Å². The number of likely N-dealkylation sites (tertiary alicyclic amines) is 1. The number of anilines is 1. The van der Waals surface area contributed by atoms with E-state index in [1.165, 1.54) is 19.3 Å². The molecule has 20 heavy (non-hydrogen) atoms. The van der Waals surface area contributed by atoms with Gasteiger partial charge in [-0.2, -0.15) is 5.10 Å². The number of amides is 2. The first kappa shape index (κ1) is 13.3. The molecule has 0 bridgehead atoms. The van der Waals surface area contributed by atoms with Gasteiger partial charge in [-0.1, -0.05) is 12.8 Å². The molecule has 1 saturated heterocycles. The molecule has 1 saturated carbocycles. The maximum atomic E-state index is 12.4. The number of urea groups is 1. The van der Waals surface area contributed by atoms with E-state index in [-0.39, 0.29) is 6.03 Å². The van der Waals surface area contributed by atoms with Crippen molar-refractivity contribution in [2.45, 2.75) is 52.0 Å². The zero-order chi connectivity index (χ0) is 14.1. The average Bonchev–Trinajstić information content (AvgIpc) is 2.87. The Hall–Kier alpha value is -1.65. The van der Waals surface area contributed by atoms with Crippen molar-refractivity contribution in [1.29, 1.82) is 0 Å². The van der Waals surface area contributed by atoms with Crippen molar-refractivity contribution in [2.24, 2.45) is 5.92 Å². The van der Waals surface area contributed by atoms with Gasteiger partial charge in [0.2, 0.25) is 0 Å². The molecule has 0 radical (unpaired) electrons. The molecule has 3 rings (SSSR count).